The highest BCUT2D eigenvalue weighted by atomic mass is 16.6. The van der Waals surface area contributed by atoms with Crippen molar-refractivity contribution in [2.45, 2.75) is 75.2 Å². The van der Waals surface area contributed by atoms with E-state index in [9.17, 15) is 15.0 Å². The molecule has 2 N–H and O–H groups in total. The molecule has 9 rings (SSSR count). The molecule has 4 aliphatic heterocycles. The highest BCUT2D eigenvalue weighted by molar-refractivity contribution is 5.72. The maximum Gasteiger partial charge on any atom is 0.415 e. The summed E-state index contributed by atoms with van der Waals surface area (Å²) in [5.41, 5.74) is 2.71. The van der Waals surface area contributed by atoms with Gasteiger partial charge in [-0.15, -0.1) is 0 Å². The zero-order valence-corrected chi connectivity index (χ0v) is 20.9. The van der Waals surface area contributed by atoms with Crippen molar-refractivity contribution in [2.24, 2.45) is 11.3 Å². The molecule has 5 atom stereocenters. The van der Waals surface area contributed by atoms with E-state index in [1.54, 1.807) is 24.4 Å². The molecular weight excluding hydrogens is 470 g/mol. The Morgan fingerprint density at radius 3 is 2.89 bits per heavy atom. The Morgan fingerprint density at radius 2 is 2.05 bits per heavy atom. The molecule has 3 aliphatic carbocycles. The lowest BCUT2D eigenvalue weighted by molar-refractivity contribution is -0.129. The molecule has 5 fully saturated rings. The van der Waals surface area contributed by atoms with Crippen LogP contribution in [0.1, 0.15) is 55.3 Å². The molecule has 1 aromatic carbocycles. The number of hydrogen-bond donors (Lipinski definition) is 2. The van der Waals surface area contributed by atoms with Gasteiger partial charge in [0.05, 0.1) is 12.6 Å². The molecule has 4 bridgehead atoms. The third-order valence-electron chi connectivity index (χ3n) is 10.6. The van der Waals surface area contributed by atoms with E-state index < -0.39 is 6.09 Å². The molecule has 8 heteroatoms. The fourth-order valence-electron chi connectivity index (χ4n) is 9.00. The molecule has 2 spiro atoms. The van der Waals surface area contributed by atoms with E-state index in [1.165, 1.54) is 30.5 Å². The summed E-state index contributed by atoms with van der Waals surface area (Å²) in [5, 5.41) is 20.6. The van der Waals surface area contributed by atoms with Gasteiger partial charge < -0.3 is 24.6 Å². The number of rotatable bonds is 4. The third kappa shape index (κ3) is 2.80. The quantitative estimate of drug-likeness (QED) is 0.661. The van der Waals surface area contributed by atoms with Crippen molar-refractivity contribution in [1.82, 2.24) is 14.8 Å². The Balaban J connectivity index is 1.22. The number of fused-ring (bicyclic) bond motifs is 3. The van der Waals surface area contributed by atoms with Crippen LogP contribution < -0.4 is 9.47 Å². The number of amides is 1. The Bertz CT molecular complexity index is 1300. The number of aromatic nitrogens is 1. The van der Waals surface area contributed by atoms with Crippen molar-refractivity contribution in [3.63, 3.8) is 0 Å². The second kappa shape index (κ2) is 7.60. The number of carbonyl (C=O) groups excluding carboxylic acids is 1. The van der Waals surface area contributed by atoms with Crippen LogP contribution in [0.15, 0.2) is 30.5 Å². The van der Waals surface area contributed by atoms with Gasteiger partial charge in [0.2, 0.25) is 0 Å². The van der Waals surface area contributed by atoms with Gasteiger partial charge in [0.1, 0.15) is 11.8 Å². The predicted octanol–water partition coefficient (Wildman–Crippen LogP) is 3.37. The van der Waals surface area contributed by atoms with E-state index >= 15 is 0 Å². The predicted molar refractivity (Wildman–Crippen MR) is 134 cm³/mol. The van der Waals surface area contributed by atoms with Crippen molar-refractivity contribution in [3.05, 3.63) is 47.3 Å². The lowest BCUT2D eigenvalue weighted by atomic mass is 9.42. The number of carbonyl (C=O) groups is 1. The van der Waals surface area contributed by atoms with E-state index in [-0.39, 0.29) is 35.3 Å². The highest BCUT2D eigenvalue weighted by Crippen LogP contribution is 2.71. The zero-order valence-electron chi connectivity index (χ0n) is 20.9. The second-order valence-electron chi connectivity index (χ2n) is 12.0. The van der Waals surface area contributed by atoms with Crippen LogP contribution in [-0.2, 0) is 18.4 Å². The zero-order chi connectivity index (χ0) is 24.9. The number of aliphatic hydroxyl groups excluding tert-OH is 1. The summed E-state index contributed by atoms with van der Waals surface area (Å²) in [6, 6.07) is 7.59. The van der Waals surface area contributed by atoms with E-state index in [0.29, 0.717) is 29.8 Å². The summed E-state index contributed by atoms with van der Waals surface area (Å²) in [5.74, 6) is 1.99. The molecule has 1 amide bonds. The Labute approximate surface area is 216 Å². The van der Waals surface area contributed by atoms with Crippen molar-refractivity contribution in [1.29, 1.82) is 0 Å². The largest absolute Gasteiger partial charge is 0.504 e. The number of phenolic OH excluding ortho intramolecular Hbond substituents is 1. The van der Waals surface area contributed by atoms with Gasteiger partial charge in [0.25, 0.3) is 0 Å². The number of ether oxygens (including phenoxy) is 2. The number of aliphatic hydroxyl groups is 1. The summed E-state index contributed by atoms with van der Waals surface area (Å²) in [6.45, 7) is 2.55. The first-order chi connectivity index (χ1) is 18.1. The smallest absolute Gasteiger partial charge is 0.415 e. The maximum absolute atomic E-state index is 13.7. The minimum atomic E-state index is -0.409. The van der Waals surface area contributed by atoms with Crippen LogP contribution in [0.25, 0.3) is 0 Å². The number of benzene rings is 1. The maximum atomic E-state index is 13.7. The molecule has 37 heavy (non-hydrogen) atoms. The van der Waals surface area contributed by atoms with Gasteiger partial charge in [-0.05, 0) is 81.2 Å². The summed E-state index contributed by atoms with van der Waals surface area (Å²) in [6.07, 6.45) is 8.46. The van der Waals surface area contributed by atoms with Gasteiger partial charge >= 0.3 is 6.09 Å². The average Bonchev–Trinajstić information content (AvgIpc) is 3.70. The number of hydrogen-bond acceptors (Lipinski definition) is 7. The van der Waals surface area contributed by atoms with Crippen LogP contribution >= 0.6 is 0 Å². The number of pyridine rings is 1. The number of piperidine rings is 1. The topological polar surface area (TPSA) is 95.4 Å². The Morgan fingerprint density at radius 1 is 1.16 bits per heavy atom. The minimum Gasteiger partial charge on any atom is -0.504 e. The van der Waals surface area contributed by atoms with E-state index in [1.807, 2.05) is 4.90 Å². The summed E-state index contributed by atoms with van der Waals surface area (Å²) in [4.78, 5) is 22.5. The van der Waals surface area contributed by atoms with Gasteiger partial charge in [0.15, 0.2) is 17.2 Å². The number of likely N-dealkylation sites (tertiary alicyclic amines) is 1. The van der Waals surface area contributed by atoms with Gasteiger partial charge in [0, 0.05) is 41.7 Å². The van der Waals surface area contributed by atoms with Crippen LogP contribution in [0.5, 0.6) is 17.2 Å². The molecule has 2 aromatic rings. The van der Waals surface area contributed by atoms with Crippen molar-refractivity contribution >= 4 is 6.09 Å². The molecule has 1 aromatic heterocycles. The van der Waals surface area contributed by atoms with Crippen molar-refractivity contribution in [2.75, 3.05) is 19.6 Å². The number of aromatic hydroxyl groups is 1. The van der Waals surface area contributed by atoms with Gasteiger partial charge in [-0.1, -0.05) is 6.07 Å². The van der Waals surface area contributed by atoms with E-state index in [0.717, 1.165) is 44.6 Å². The molecule has 3 saturated heterocycles. The normalized spacial score (nSPS) is 35.1. The molecule has 8 nitrogen and oxygen atoms in total. The molecule has 7 aliphatic rings. The standard InChI is InChI=1S/C29H33N3O5/c33-16-19-22(2-1-11-30-19)36-27(35)32-13-9-28-8-7-20(32)26-29(28)10-12-31(15-17-3-4-17)23(28)14-18-5-6-21(34)25(37-26)24(18)29/h1-2,5-6,11,17,20,23,26,33-34H,3-4,7-10,12-16H2/t20-,23-,26+,28-,29+/m1/s1. The van der Waals surface area contributed by atoms with Crippen molar-refractivity contribution < 1.29 is 24.5 Å². The van der Waals surface area contributed by atoms with Gasteiger partial charge in [-0.3, -0.25) is 9.88 Å². The first-order valence-corrected chi connectivity index (χ1v) is 13.8. The Kier molecular flexibility index (Phi) is 4.56. The van der Waals surface area contributed by atoms with Gasteiger partial charge in [-0.25, -0.2) is 4.79 Å². The first-order valence-electron chi connectivity index (χ1n) is 13.8. The summed E-state index contributed by atoms with van der Waals surface area (Å²) < 4.78 is 12.6. The molecule has 2 saturated carbocycles. The van der Waals surface area contributed by atoms with Gasteiger partial charge in [-0.2, -0.15) is 0 Å². The van der Waals surface area contributed by atoms with Crippen LogP contribution in [0.3, 0.4) is 0 Å². The SMILES string of the molecule is O=C(Oc1cccnc1CO)N1CC[C@@]23CC[C@@H]1[C@@H]1Oc4c(O)ccc5c4[C@@]12CCN(CC1CC1)[C@@H]3C5. The summed E-state index contributed by atoms with van der Waals surface area (Å²) >= 11 is 0. The van der Waals surface area contributed by atoms with E-state index in [4.69, 9.17) is 9.47 Å². The van der Waals surface area contributed by atoms with E-state index in [2.05, 4.69) is 16.0 Å². The molecule has 194 valence electrons. The lowest BCUT2D eigenvalue weighted by Gasteiger charge is -2.65. The molecular formula is C29H33N3O5. The van der Waals surface area contributed by atoms with Crippen LogP contribution in [-0.4, -0.2) is 68.9 Å². The monoisotopic (exact) mass is 503 g/mol. The fourth-order valence-corrected chi connectivity index (χ4v) is 9.00. The van der Waals surface area contributed by atoms with Crippen LogP contribution in [0.4, 0.5) is 4.79 Å². The molecule has 0 radical (unpaired) electrons. The minimum absolute atomic E-state index is 0.00689. The second-order valence-corrected chi connectivity index (χ2v) is 12.0. The van der Waals surface area contributed by atoms with Crippen LogP contribution in [0.2, 0.25) is 0 Å². The Hall–Kier alpha value is -2.84. The average molecular weight is 504 g/mol. The fraction of sp³-hybridized carbons (Fsp3) is 0.586. The van der Waals surface area contributed by atoms with Crippen LogP contribution in [0, 0.1) is 11.3 Å². The molecule has 5 heterocycles. The summed E-state index contributed by atoms with van der Waals surface area (Å²) in [7, 11) is 0. The third-order valence-corrected chi connectivity index (χ3v) is 10.6. The van der Waals surface area contributed by atoms with Crippen molar-refractivity contribution in [3.8, 4) is 17.2 Å². The first kappa shape index (κ1) is 22.2. The lowest BCUT2D eigenvalue weighted by Crippen LogP contribution is -2.72. The molecule has 0 unspecified atom stereocenters. The number of phenols is 1. The number of nitrogens with zero attached hydrogens (tertiary/aromatic N) is 3. The highest BCUT2D eigenvalue weighted by Gasteiger charge is 2.74.